The van der Waals surface area contributed by atoms with Gasteiger partial charge >= 0.3 is 5.97 Å². The van der Waals surface area contributed by atoms with Gasteiger partial charge in [0.25, 0.3) is 0 Å². The molecule has 2 fully saturated rings. The predicted octanol–water partition coefficient (Wildman–Crippen LogP) is 2.42. The van der Waals surface area contributed by atoms with Crippen LogP contribution in [0.4, 0.5) is 4.39 Å². The van der Waals surface area contributed by atoms with E-state index in [0.717, 1.165) is 32.5 Å². The fraction of sp³-hybridized carbons (Fsp3) is 0.640. The van der Waals surface area contributed by atoms with Gasteiger partial charge in [0.2, 0.25) is 0 Å². The van der Waals surface area contributed by atoms with Crippen LogP contribution in [0.2, 0.25) is 0 Å². The molecule has 0 bridgehead atoms. The average molecular weight is 494 g/mol. The molecule has 35 heavy (non-hydrogen) atoms. The third-order valence-electron chi connectivity index (χ3n) is 7.01. The molecule has 0 aliphatic carbocycles. The lowest BCUT2D eigenvalue weighted by Crippen LogP contribution is -2.47. The molecule has 0 aromatic carbocycles. The molecule has 196 valence electrons. The van der Waals surface area contributed by atoms with Gasteiger partial charge in [0.1, 0.15) is 12.2 Å². The number of methoxy groups -OCH3 is 1. The number of amidine groups is 1. The molecule has 0 aromatic heterocycles. The topological polar surface area (TPSA) is 120 Å². The van der Waals surface area contributed by atoms with Crippen LogP contribution in [-0.4, -0.2) is 84.1 Å². The van der Waals surface area contributed by atoms with E-state index in [2.05, 4.69) is 28.4 Å². The minimum atomic E-state index is -1.32. The maximum atomic E-state index is 15.5. The standard InChI is InChI=1S/C23H36FN5O4.C2H4/c1-14-19(25)18(24)21(27-15-6-9-28(10-7-15)11-12-33-4)26-13-29-16(5-8-23(29,2)3)17(20(14)30)22(31)32;1-2/h14-15H,5-13,25H2,1-4H3,(H,26,27)(H,31,32);1-2H2/b17-16+,19-18-;. The molecule has 3 aliphatic heterocycles. The third kappa shape index (κ3) is 6.49. The van der Waals surface area contributed by atoms with Gasteiger partial charge in [0.15, 0.2) is 17.4 Å². The number of aliphatic carboxylic acids is 1. The number of Topliss-reactive ketones (excluding diaryl/α,β-unsaturated/α-hetero) is 1. The Kier molecular flexibility index (Phi) is 10.0. The molecule has 0 spiro atoms. The number of nitrogens with zero attached hydrogens (tertiary/aromatic N) is 3. The largest absolute Gasteiger partial charge is 0.477 e. The molecule has 4 N–H and O–H groups in total. The summed E-state index contributed by atoms with van der Waals surface area (Å²) in [5.41, 5.74) is 5.45. The maximum absolute atomic E-state index is 15.5. The third-order valence-corrected chi connectivity index (χ3v) is 7.01. The summed E-state index contributed by atoms with van der Waals surface area (Å²) in [5, 5.41) is 13.0. The zero-order valence-electron chi connectivity index (χ0n) is 21.4. The molecule has 3 aliphatic rings. The highest BCUT2D eigenvalue weighted by Crippen LogP contribution is 2.39. The number of nitrogens with one attached hydrogen (secondary N) is 1. The van der Waals surface area contributed by atoms with Crippen LogP contribution in [-0.2, 0) is 14.3 Å². The van der Waals surface area contributed by atoms with Crippen LogP contribution >= 0.6 is 0 Å². The Bertz CT molecular complexity index is 890. The van der Waals surface area contributed by atoms with Gasteiger partial charge in [-0.1, -0.05) is 0 Å². The minimum Gasteiger partial charge on any atom is -0.477 e. The Balaban J connectivity index is 0.00000210. The highest BCUT2D eigenvalue weighted by Gasteiger charge is 2.41. The van der Waals surface area contributed by atoms with Crippen molar-refractivity contribution >= 4 is 17.6 Å². The van der Waals surface area contributed by atoms with Gasteiger partial charge in [-0.05, 0) is 46.5 Å². The number of carbonyl (C=O) groups excluding carboxylic acids is 1. The van der Waals surface area contributed by atoms with Crippen LogP contribution < -0.4 is 11.1 Å². The number of aliphatic imine (C=N–C) groups is 1. The van der Waals surface area contributed by atoms with Gasteiger partial charge in [0, 0.05) is 44.0 Å². The molecule has 1 atom stereocenters. The minimum absolute atomic E-state index is 0.0197. The second-order valence-electron chi connectivity index (χ2n) is 9.62. The Morgan fingerprint density at radius 2 is 1.97 bits per heavy atom. The number of allylic oxidation sites excluding steroid dienone is 2. The van der Waals surface area contributed by atoms with E-state index >= 15 is 4.39 Å². The monoisotopic (exact) mass is 493 g/mol. The van der Waals surface area contributed by atoms with E-state index in [4.69, 9.17) is 10.5 Å². The Morgan fingerprint density at radius 1 is 1.34 bits per heavy atom. The molecule has 3 heterocycles. The second-order valence-corrected chi connectivity index (χ2v) is 9.62. The van der Waals surface area contributed by atoms with Crippen molar-refractivity contribution in [2.24, 2.45) is 16.6 Å². The lowest BCUT2D eigenvalue weighted by molar-refractivity contribution is -0.135. The van der Waals surface area contributed by atoms with Gasteiger partial charge in [-0.15, -0.1) is 13.2 Å². The van der Waals surface area contributed by atoms with Crippen LogP contribution in [0.25, 0.3) is 0 Å². The highest BCUT2D eigenvalue weighted by molar-refractivity contribution is 6.19. The van der Waals surface area contributed by atoms with Gasteiger partial charge in [-0.2, -0.15) is 0 Å². The zero-order chi connectivity index (χ0) is 26.3. The maximum Gasteiger partial charge on any atom is 0.341 e. The van der Waals surface area contributed by atoms with Crippen molar-refractivity contribution in [1.82, 2.24) is 15.1 Å². The van der Waals surface area contributed by atoms with Crippen molar-refractivity contribution in [2.45, 2.75) is 58.0 Å². The number of carbonyl (C=O) groups is 2. The Hall–Kier alpha value is -2.72. The molecule has 0 saturated carbocycles. The average Bonchev–Trinajstić information content (AvgIpc) is 3.13. The molecular formula is C25H40FN5O4. The molecule has 10 heteroatoms. The van der Waals surface area contributed by atoms with Crippen molar-refractivity contribution in [3.05, 3.63) is 36.0 Å². The van der Waals surface area contributed by atoms with E-state index in [9.17, 15) is 14.7 Å². The lowest BCUT2D eigenvalue weighted by atomic mass is 9.93. The van der Waals surface area contributed by atoms with Crippen LogP contribution in [0.3, 0.4) is 0 Å². The molecule has 9 nitrogen and oxygen atoms in total. The van der Waals surface area contributed by atoms with Crippen molar-refractivity contribution < 1.29 is 23.8 Å². The highest BCUT2D eigenvalue weighted by atomic mass is 19.1. The smallest absolute Gasteiger partial charge is 0.341 e. The number of rotatable bonds is 5. The normalized spacial score (nSPS) is 29.5. The number of hydrogen-bond acceptors (Lipinski definition) is 8. The van der Waals surface area contributed by atoms with Crippen molar-refractivity contribution in [3.8, 4) is 0 Å². The SMILES string of the molecule is C=C.COCCN1CCC(NC2=N/CN3/C(=C(/C(=O)O)C(=O)C(C)/C(N)=C\2F)CCC3(C)C)CC1. The first-order valence-corrected chi connectivity index (χ1v) is 12.0. The molecule has 2 saturated heterocycles. The fourth-order valence-electron chi connectivity index (χ4n) is 4.69. The van der Waals surface area contributed by atoms with Crippen molar-refractivity contribution in [3.63, 3.8) is 0 Å². The number of carboxylic acid groups (broad SMARTS) is 1. The summed E-state index contributed by atoms with van der Waals surface area (Å²) in [7, 11) is 1.68. The summed E-state index contributed by atoms with van der Waals surface area (Å²) in [5.74, 6) is -3.87. The van der Waals surface area contributed by atoms with Crippen LogP contribution in [0.5, 0.6) is 0 Å². The van der Waals surface area contributed by atoms with Crippen LogP contribution in [0.15, 0.2) is 40.9 Å². The predicted molar refractivity (Wildman–Crippen MR) is 134 cm³/mol. The van der Waals surface area contributed by atoms with E-state index in [1.54, 1.807) is 7.11 Å². The summed E-state index contributed by atoms with van der Waals surface area (Å²) >= 11 is 0. The van der Waals surface area contributed by atoms with E-state index in [-0.39, 0.29) is 29.8 Å². The number of likely N-dealkylation sites (tertiary alicyclic amines) is 1. The van der Waals surface area contributed by atoms with E-state index in [1.807, 2.05) is 18.7 Å². The first kappa shape index (κ1) is 28.5. The Labute approximate surface area is 207 Å². The quantitative estimate of drug-likeness (QED) is 0.395. The number of nitrogens with two attached hydrogens (primary N) is 1. The molecule has 0 amide bonds. The number of carboxylic acids is 1. The summed E-state index contributed by atoms with van der Waals surface area (Å²) < 4.78 is 20.6. The number of halogens is 1. The number of ketones is 1. The molecular weight excluding hydrogens is 453 g/mol. The molecule has 3 rings (SSSR count). The molecule has 0 aromatic rings. The summed E-state index contributed by atoms with van der Waals surface area (Å²) in [6.45, 7) is 14.7. The number of hydrogen-bond donors (Lipinski definition) is 3. The first-order chi connectivity index (χ1) is 16.6. The summed E-state index contributed by atoms with van der Waals surface area (Å²) in [6.07, 6.45) is 2.74. The summed E-state index contributed by atoms with van der Waals surface area (Å²) in [4.78, 5) is 33.8. The van der Waals surface area contributed by atoms with Crippen LogP contribution in [0.1, 0.15) is 46.5 Å². The Morgan fingerprint density at radius 3 is 2.54 bits per heavy atom. The second kappa shape index (κ2) is 12.3. The molecule has 1 unspecified atom stereocenters. The van der Waals surface area contributed by atoms with Gasteiger partial charge < -0.3 is 30.7 Å². The van der Waals surface area contributed by atoms with E-state index < -0.39 is 29.0 Å². The van der Waals surface area contributed by atoms with Gasteiger partial charge in [-0.25, -0.2) is 14.2 Å². The fourth-order valence-corrected chi connectivity index (χ4v) is 4.69. The van der Waals surface area contributed by atoms with Crippen molar-refractivity contribution in [2.75, 3.05) is 40.0 Å². The van der Waals surface area contributed by atoms with E-state index in [1.165, 1.54) is 6.92 Å². The van der Waals surface area contributed by atoms with Crippen LogP contribution in [0, 0.1) is 5.92 Å². The van der Waals surface area contributed by atoms with Gasteiger partial charge in [-0.3, -0.25) is 4.79 Å². The number of piperidine rings is 1. The van der Waals surface area contributed by atoms with Crippen molar-refractivity contribution in [1.29, 1.82) is 0 Å². The number of fused-ring (bicyclic) bond motifs is 1. The van der Waals surface area contributed by atoms with Gasteiger partial charge in [0.05, 0.1) is 18.2 Å². The lowest BCUT2D eigenvalue weighted by Gasteiger charge is -2.35. The van der Waals surface area contributed by atoms with E-state index in [0.29, 0.717) is 25.1 Å². The first-order valence-electron chi connectivity index (χ1n) is 12.0. The molecule has 0 radical (unpaired) electrons. The summed E-state index contributed by atoms with van der Waals surface area (Å²) in [6, 6.07) is 0.0197. The number of ether oxygens (including phenoxy) is 1. The zero-order valence-corrected chi connectivity index (χ0v) is 21.4.